The van der Waals surface area contributed by atoms with Crippen LogP contribution in [0.1, 0.15) is 15.9 Å². The topological polar surface area (TPSA) is 135 Å². The number of nitrogens with two attached hydrogens (primary N) is 1. The fraction of sp³-hybridized carbons (Fsp3) is 0.0500. The minimum Gasteiger partial charge on any atom is -0.348 e. The summed E-state index contributed by atoms with van der Waals surface area (Å²) in [5.74, 6) is -0.463. The molecule has 30 heavy (non-hydrogen) atoms. The van der Waals surface area contributed by atoms with Gasteiger partial charge >= 0.3 is 0 Å². The minimum absolute atomic E-state index is 0.0593. The smallest absolute Gasteiger partial charge is 0.261 e. The molecule has 3 rings (SSSR count). The summed E-state index contributed by atoms with van der Waals surface area (Å²) in [6, 6.07) is 20.0. The number of para-hydroxylation sites is 1. The third-order valence-electron chi connectivity index (χ3n) is 4.16. The standard InChI is InChI=1S/C20H19N3O5S2/c21-29(25,26)16-9-6-10-17(13-16)30(27,28)23-19-12-5-4-11-18(19)20(24)22-14-15-7-2-1-3-8-15/h1-13,23H,14H2,(H,22,24)(H2,21,25,26). The van der Waals surface area contributed by atoms with Crippen molar-refractivity contribution in [3.05, 3.63) is 90.0 Å². The molecule has 156 valence electrons. The molecule has 0 atom stereocenters. The van der Waals surface area contributed by atoms with Crippen molar-refractivity contribution < 1.29 is 21.6 Å². The summed E-state index contributed by atoms with van der Waals surface area (Å²) in [6.45, 7) is 0.275. The van der Waals surface area contributed by atoms with Crippen molar-refractivity contribution in [2.45, 2.75) is 16.3 Å². The molecular formula is C20H19N3O5S2. The summed E-state index contributed by atoms with van der Waals surface area (Å²) < 4.78 is 50.9. The SMILES string of the molecule is NS(=O)(=O)c1cccc(S(=O)(=O)Nc2ccccc2C(=O)NCc2ccccc2)c1. The van der Waals surface area contributed by atoms with Crippen LogP contribution in [0.15, 0.2) is 88.7 Å². The lowest BCUT2D eigenvalue weighted by molar-refractivity contribution is 0.0952. The molecule has 0 radical (unpaired) electrons. The van der Waals surface area contributed by atoms with E-state index in [4.69, 9.17) is 5.14 Å². The first kappa shape index (κ1) is 21.5. The number of rotatable bonds is 7. The van der Waals surface area contributed by atoms with Gasteiger partial charge < -0.3 is 5.32 Å². The van der Waals surface area contributed by atoms with Gasteiger partial charge in [-0.05, 0) is 35.9 Å². The maximum absolute atomic E-state index is 12.8. The zero-order chi connectivity index (χ0) is 21.8. The normalized spacial score (nSPS) is 11.6. The summed E-state index contributed by atoms with van der Waals surface area (Å²) in [5.41, 5.74) is 1.08. The Hall–Kier alpha value is -3.21. The van der Waals surface area contributed by atoms with Crippen LogP contribution >= 0.6 is 0 Å². The Labute approximate surface area is 174 Å². The maximum Gasteiger partial charge on any atom is 0.261 e. The highest BCUT2D eigenvalue weighted by Gasteiger charge is 2.20. The zero-order valence-corrected chi connectivity index (χ0v) is 17.3. The van der Waals surface area contributed by atoms with E-state index >= 15 is 0 Å². The molecule has 0 aromatic heterocycles. The van der Waals surface area contributed by atoms with Gasteiger partial charge in [0.05, 0.1) is 21.0 Å². The van der Waals surface area contributed by atoms with Gasteiger partial charge in [-0.2, -0.15) is 0 Å². The molecule has 0 fully saturated rings. The first-order chi connectivity index (χ1) is 14.2. The van der Waals surface area contributed by atoms with Crippen LogP contribution < -0.4 is 15.2 Å². The number of amides is 1. The second kappa shape index (κ2) is 8.66. The molecule has 0 saturated carbocycles. The van der Waals surface area contributed by atoms with Gasteiger partial charge in [0.25, 0.3) is 15.9 Å². The van der Waals surface area contributed by atoms with Crippen LogP contribution in [0.3, 0.4) is 0 Å². The molecule has 0 heterocycles. The van der Waals surface area contributed by atoms with Crippen LogP contribution in [0.2, 0.25) is 0 Å². The number of anilines is 1. The van der Waals surface area contributed by atoms with Crippen molar-refractivity contribution in [2.24, 2.45) is 5.14 Å². The van der Waals surface area contributed by atoms with E-state index in [0.29, 0.717) is 0 Å². The van der Waals surface area contributed by atoms with Crippen LogP contribution in [-0.2, 0) is 26.6 Å². The average Bonchev–Trinajstić information content (AvgIpc) is 2.72. The summed E-state index contributed by atoms with van der Waals surface area (Å²) in [6.07, 6.45) is 0. The van der Waals surface area contributed by atoms with Gasteiger partial charge in [0.1, 0.15) is 0 Å². The van der Waals surface area contributed by atoms with E-state index in [2.05, 4.69) is 10.0 Å². The van der Waals surface area contributed by atoms with Crippen LogP contribution in [0.5, 0.6) is 0 Å². The van der Waals surface area contributed by atoms with Gasteiger partial charge in [0.2, 0.25) is 10.0 Å². The Morgan fingerprint density at radius 3 is 2.13 bits per heavy atom. The van der Waals surface area contributed by atoms with Crippen molar-refractivity contribution in [1.29, 1.82) is 0 Å². The predicted molar refractivity (Wildman–Crippen MR) is 113 cm³/mol. The number of sulfonamides is 2. The third-order valence-corrected chi connectivity index (χ3v) is 6.43. The van der Waals surface area contributed by atoms with E-state index < -0.39 is 26.0 Å². The number of carbonyl (C=O) groups is 1. The second-order valence-electron chi connectivity index (χ2n) is 6.34. The molecule has 0 aliphatic rings. The average molecular weight is 446 g/mol. The van der Waals surface area contributed by atoms with Crippen LogP contribution in [-0.4, -0.2) is 22.7 Å². The Kier molecular flexibility index (Phi) is 6.20. The summed E-state index contributed by atoms with van der Waals surface area (Å²) >= 11 is 0. The molecule has 8 nitrogen and oxygen atoms in total. The number of nitrogens with one attached hydrogen (secondary N) is 2. The van der Waals surface area contributed by atoms with Gasteiger partial charge in [-0.1, -0.05) is 48.5 Å². The molecule has 0 unspecified atom stereocenters. The van der Waals surface area contributed by atoms with Gasteiger partial charge in [0.15, 0.2) is 0 Å². The lowest BCUT2D eigenvalue weighted by Gasteiger charge is -2.13. The zero-order valence-electron chi connectivity index (χ0n) is 15.6. The van der Waals surface area contributed by atoms with E-state index in [9.17, 15) is 21.6 Å². The van der Waals surface area contributed by atoms with Crippen molar-refractivity contribution in [2.75, 3.05) is 4.72 Å². The molecule has 3 aromatic rings. The van der Waals surface area contributed by atoms with E-state index in [0.717, 1.165) is 11.6 Å². The molecule has 1 amide bonds. The number of carbonyl (C=O) groups excluding carboxylic acids is 1. The number of hydrogen-bond donors (Lipinski definition) is 3. The number of benzene rings is 3. The minimum atomic E-state index is -4.17. The molecule has 0 saturated heterocycles. The first-order valence-corrected chi connectivity index (χ1v) is 11.8. The Bertz CT molecular complexity index is 1270. The Balaban J connectivity index is 1.84. The van der Waals surface area contributed by atoms with Crippen molar-refractivity contribution in [3.63, 3.8) is 0 Å². The van der Waals surface area contributed by atoms with Gasteiger partial charge in [-0.15, -0.1) is 0 Å². The molecular weight excluding hydrogens is 426 g/mol. The van der Waals surface area contributed by atoms with Crippen LogP contribution in [0, 0.1) is 0 Å². The highest BCUT2D eigenvalue weighted by molar-refractivity contribution is 7.93. The van der Waals surface area contributed by atoms with E-state index in [1.165, 1.54) is 30.3 Å². The quantitative estimate of drug-likeness (QED) is 0.512. The Morgan fingerprint density at radius 2 is 1.43 bits per heavy atom. The monoisotopic (exact) mass is 445 g/mol. The van der Waals surface area contributed by atoms with Crippen LogP contribution in [0.4, 0.5) is 5.69 Å². The molecule has 0 aliphatic carbocycles. The van der Waals surface area contributed by atoms with Gasteiger partial charge in [-0.3, -0.25) is 9.52 Å². The molecule has 4 N–H and O–H groups in total. The van der Waals surface area contributed by atoms with Crippen molar-refractivity contribution >= 4 is 31.6 Å². The summed E-state index contributed by atoms with van der Waals surface area (Å²) in [7, 11) is -8.24. The Morgan fingerprint density at radius 1 is 0.800 bits per heavy atom. The lowest BCUT2D eigenvalue weighted by Crippen LogP contribution is -2.25. The van der Waals surface area contributed by atoms with Crippen molar-refractivity contribution in [1.82, 2.24) is 5.32 Å². The van der Waals surface area contributed by atoms with Crippen molar-refractivity contribution in [3.8, 4) is 0 Å². The molecule has 0 aliphatic heterocycles. The second-order valence-corrected chi connectivity index (χ2v) is 9.58. The molecule has 0 spiro atoms. The first-order valence-electron chi connectivity index (χ1n) is 8.74. The fourth-order valence-electron chi connectivity index (χ4n) is 2.67. The largest absolute Gasteiger partial charge is 0.348 e. The lowest BCUT2D eigenvalue weighted by atomic mass is 10.1. The maximum atomic E-state index is 12.8. The van der Waals surface area contributed by atoms with E-state index in [1.54, 1.807) is 12.1 Å². The van der Waals surface area contributed by atoms with Crippen LogP contribution in [0.25, 0.3) is 0 Å². The molecule has 3 aromatic carbocycles. The summed E-state index contributed by atoms with van der Waals surface area (Å²) in [5, 5.41) is 7.81. The third kappa shape index (κ3) is 5.23. The fourth-order valence-corrected chi connectivity index (χ4v) is 4.42. The highest BCUT2D eigenvalue weighted by atomic mass is 32.2. The van der Waals surface area contributed by atoms with E-state index in [1.807, 2.05) is 30.3 Å². The number of hydrogen-bond acceptors (Lipinski definition) is 5. The number of primary sulfonamides is 1. The molecule has 0 bridgehead atoms. The molecule has 10 heteroatoms. The predicted octanol–water partition coefficient (Wildman–Crippen LogP) is 2.06. The van der Waals surface area contributed by atoms with E-state index in [-0.39, 0.29) is 27.6 Å². The highest BCUT2D eigenvalue weighted by Crippen LogP contribution is 2.22. The van der Waals surface area contributed by atoms with Gasteiger partial charge in [0, 0.05) is 6.54 Å². The van der Waals surface area contributed by atoms with Gasteiger partial charge in [-0.25, -0.2) is 22.0 Å². The summed E-state index contributed by atoms with van der Waals surface area (Å²) in [4.78, 5) is 12.0.